The summed E-state index contributed by atoms with van der Waals surface area (Å²) in [5.41, 5.74) is 3.77. The molecule has 2 aromatic rings. The Bertz CT molecular complexity index is 1160. The maximum Gasteiger partial charge on any atom is 0.413 e. The number of benzene rings is 2. The first-order valence-corrected chi connectivity index (χ1v) is 12.3. The molecule has 196 valence electrons. The first-order chi connectivity index (χ1) is 17.5. The maximum absolute atomic E-state index is 13.0. The molecule has 2 atom stereocenters. The largest absolute Gasteiger partial charge is 0.480 e. The Balaban J connectivity index is 1.34. The molecule has 0 saturated carbocycles. The smallest absolute Gasteiger partial charge is 0.413 e. The van der Waals surface area contributed by atoms with E-state index in [1.54, 1.807) is 20.8 Å². The van der Waals surface area contributed by atoms with Gasteiger partial charge in [-0.3, -0.25) is 10.2 Å². The van der Waals surface area contributed by atoms with Crippen LogP contribution in [0.5, 0.6) is 0 Å². The summed E-state index contributed by atoms with van der Waals surface area (Å²) in [7, 11) is 0. The number of carboxylic acids is 1. The first-order valence-electron chi connectivity index (χ1n) is 12.3. The molecule has 2 aromatic carbocycles. The van der Waals surface area contributed by atoms with Gasteiger partial charge in [-0.15, -0.1) is 0 Å². The first kappa shape index (κ1) is 26.1. The summed E-state index contributed by atoms with van der Waals surface area (Å²) < 4.78 is 10.9. The summed E-state index contributed by atoms with van der Waals surface area (Å²) in [6, 6.07) is 15.1. The van der Waals surface area contributed by atoms with Crippen molar-refractivity contribution in [1.29, 1.82) is 0 Å². The fraction of sp³-hybridized carbons (Fsp3) is 0.393. The van der Waals surface area contributed by atoms with E-state index in [1.165, 1.54) is 4.90 Å². The van der Waals surface area contributed by atoms with Crippen molar-refractivity contribution < 1.29 is 29.0 Å². The Labute approximate surface area is 216 Å². The quantitative estimate of drug-likeness (QED) is 0.512. The summed E-state index contributed by atoms with van der Waals surface area (Å²) in [4.78, 5) is 38.1. The minimum absolute atomic E-state index is 0.109. The lowest BCUT2D eigenvalue weighted by Gasteiger charge is -2.23. The van der Waals surface area contributed by atoms with Crippen molar-refractivity contribution in [1.82, 2.24) is 15.5 Å². The fourth-order valence-corrected chi connectivity index (χ4v) is 4.92. The number of fused-ring (bicyclic) bond motifs is 3. The molecule has 0 unspecified atom stereocenters. The maximum atomic E-state index is 13.0. The van der Waals surface area contributed by atoms with Gasteiger partial charge < -0.3 is 19.9 Å². The third kappa shape index (κ3) is 6.04. The average Bonchev–Trinajstić information content (AvgIpc) is 3.40. The predicted molar refractivity (Wildman–Crippen MR) is 138 cm³/mol. The standard InChI is InChI=1S/C28H33N3O6/c1-17(30-26(34)37-28(2,3)4)29-14-18-13-24(25(32)33)31(15-18)27(35)36-16-23-21-11-7-5-9-19(21)20-10-6-8-12-22(20)23/h5-12,18,23-24,29H,1,13-16H2,2-4H3,(H,30,34)(H,32,33)/t18-,24-/m0/s1. The van der Waals surface area contributed by atoms with Gasteiger partial charge in [0.15, 0.2) is 0 Å². The number of likely N-dealkylation sites (tertiary alicyclic amines) is 1. The number of alkyl carbamates (subject to hydrolysis) is 1. The number of hydrogen-bond acceptors (Lipinski definition) is 6. The van der Waals surface area contributed by atoms with Crippen molar-refractivity contribution >= 4 is 18.2 Å². The van der Waals surface area contributed by atoms with Gasteiger partial charge in [0.1, 0.15) is 24.1 Å². The van der Waals surface area contributed by atoms with E-state index >= 15 is 0 Å². The van der Waals surface area contributed by atoms with Gasteiger partial charge in [-0.2, -0.15) is 0 Å². The molecule has 0 aromatic heterocycles. The van der Waals surface area contributed by atoms with Crippen LogP contribution in [-0.4, -0.2) is 59.5 Å². The van der Waals surface area contributed by atoms with Gasteiger partial charge in [0.2, 0.25) is 0 Å². The van der Waals surface area contributed by atoms with Gasteiger partial charge >= 0.3 is 18.2 Å². The van der Waals surface area contributed by atoms with E-state index in [9.17, 15) is 19.5 Å². The van der Waals surface area contributed by atoms with Crippen LogP contribution in [0.4, 0.5) is 9.59 Å². The normalized spacial score (nSPS) is 18.5. The summed E-state index contributed by atoms with van der Waals surface area (Å²) >= 11 is 0. The van der Waals surface area contributed by atoms with E-state index in [4.69, 9.17) is 9.47 Å². The van der Waals surface area contributed by atoms with Gasteiger partial charge in [-0.05, 0) is 55.4 Å². The number of nitrogens with zero attached hydrogens (tertiary/aromatic N) is 1. The van der Waals surface area contributed by atoms with Gasteiger partial charge in [0.25, 0.3) is 0 Å². The van der Waals surface area contributed by atoms with E-state index in [0.29, 0.717) is 6.54 Å². The molecule has 1 heterocycles. The van der Waals surface area contributed by atoms with E-state index < -0.39 is 29.8 Å². The monoisotopic (exact) mass is 507 g/mol. The second kappa shape index (κ2) is 10.5. The highest BCUT2D eigenvalue weighted by Crippen LogP contribution is 2.44. The lowest BCUT2D eigenvalue weighted by Crippen LogP contribution is -2.41. The molecule has 3 N–H and O–H groups in total. The number of ether oxygens (including phenoxy) is 2. The van der Waals surface area contributed by atoms with E-state index in [2.05, 4.69) is 29.3 Å². The second-order valence-corrected chi connectivity index (χ2v) is 10.4. The lowest BCUT2D eigenvalue weighted by atomic mass is 9.98. The van der Waals surface area contributed by atoms with Crippen molar-refractivity contribution in [3.63, 3.8) is 0 Å². The van der Waals surface area contributed by atoms with E-state index in [0.717, 1.165) is 22.3 Å². The molecule has 4 rings (SSSR count). The predicted octanol–water partition coefficient (Wildman–Crippen LogP) is 4.30. The van der Waals surface area contributed by atoms with Crippen LogP contribution >= 0.6 is 0 Å². The van der Waals surface area contributed by atoms with Gasteiger partial charge in [0.05, 0.1) is 0 Å². The number of carbonyl (C=O) groups excluding carboxylic acids is 2. The number of amides is 2. The second-order valence-electron chi connectivity index (χ2n) is 10.4. The van der Waals surface area contributed by atoms with Crippen molar-refractivity contribution in [2.75, 3.05) is 19.7 Å². The van der Waals surface area contributed by atoms with Crippen molar-refractivity contribution in [3.8, 4) is 11.1 Å². The van der Waals surface area contributed by atoms with Crippen molar-refractivity contribution in [2.24, 2.45) is 5.92 Å². The van der Waals surface area contributed by atoms with Crippen LogP contribution in [0.1, 0.15) is 44.2 Å². The van der Waals surface area contributed by atoms with Gasteiger partial charge in [-0.25, -0.2) is 14.4 Å². The van der Waals surface area contributed by atoms with Crippen LogP contribution in [0.2, 0.25) is 0 Å². The van der Waals surface area contributed by atoms with Crippen LogP contribution in [0.15, 0.2) is 60.9 Å². The molecule has 0 spiro atoms. The fourth-order valence-electron chi connectivity index (χ4n) is 4.92. The zero-order chi connectivity index (χ0) is 26.7. The molecular formula is C28H33N3O6. The van der Waals surface area contributed by atoms with Crippen LogP contribution in [-0.2, 0) is 14.3 Å². The molecule has 0 radical (unpaired) electrons. The molecule has 1 aliphatic carbocycles. The number of rotatable bonds is 7. The molecule has 1 saturated heterocycles. The highest BCUT2D eigenvalue weighted by molar-refractivity contribution is 5.81. The lowest BCUT2D eigenvalue weighted by molar-refractivity contribution is -0.141. The molecule has 2 amide bonds. The summed E-state index contributed by atoms with van der Waals surface area (Å²) in [5, 5.41) is 15.2. The molecule has 9 nitrogen and oxygen atoms in total. The van der Waals surface area contributed by atoms with Gasteiger partial charge in [-0.1, -0.05) is 55.1 Å². The molecule has 1 fully saturated rings. The highest BCUT2D eigenvalue weighted by Gasteiger charge is 2.41. The topological polar surface area (TPSA) is 117 Å². The molecule has 37 heavy (non-hydrogen) atoms. The average molecular weight is 508 g/mol. The number of carboxylic acid groups (broad SMARTS) is 1. The van der Waals surface area contributed by atoms with E-state index in [1.807, 2.05) is 36.4 Å². The van der Waals surface area contributed by atoms with E-state index in [-0.39, 0.29) is 37.2 Å². The summed E-state index contributed by atoms with van der Waals surface area (Å²) in [5.74, 6) is -1.12. The zero-order valence-corrected chi connectivity index (χ0v) is 21.3. The third-order valence-electron chi connectivity index (χ3n) is 6.50. The van der Waals surface area contributed by atoms with Crippen LogP contribution in [0, 0.1) is 5.92 Å². The minimum atomic E-state index is -1.08. The number of hydrogen-bond donors (Lipinski definition) is 3. The summed E-state index contributed by atoms with van der Waals surface area (Å²) in [6.45, 7) is 9.68. The van der Waals surface area contributed by atoms with Crippen molar-refractivity contribution in [2.45, 2.75) is 44.8 Å². The molecule has 0 bridgehead atoms. The third-order valence-corrected chi connectivity index (χ3v) is 6.50. The Morgan fingerprint density at radius 1 is 1.05 bits per heavy atom. The Hall–Kier alpha value is -4.01. The minimum Gasteiger partial charge on any atom is -0.480 e. The highest BCUT2D eigenvalue weighted by atomic mass is 16.6. The number of carbonyl (C=O) groups is 3. The SMILES string of the molecule is C=C(NC[C@@H]1C[C@@H](C(=O)O)N(C(=O)OCC2c3ccccc3-c3ccccc32)C1)NC(=O)OC(C)(C)C. The van der Waals surface area contributed by atoms with Gasteiger partial charge in [0, 0.05) is 19.0 Å². The molecule has 1 aliphatic heterocycles. The summed E-state index contributed by atoms with van der Waals surface area (Å²) in [6.07, 6.45) is -1.03. The van der Waals surface area contributed by atoms with Crippen LogP contribution < -0.4 is 10.6 Å². The number of aliphatic carboxylic acids is 1. The Kier molecular flexibility index (Phi) is 7.42. The van der Waals surface area contributed by atoms with Crippen LogP contribution in [0.25, 0.3) is 11.1 Å². The number of nitrogens with one attached hydrogen (secondary N) is 2. The zero-order valence-electron chi connectivity index (χ0n) is 21.3. The van der Waals surface area contributed by atoms with Crippen molar-refractivity contribution in [3.05, 3.63) is 72.1 Å². The van der Waals surface area contributed by atoms with Crippen LogP contribution in [0.3, 0.4) is 0 Å². The Morgan fingerprint density at radius 3 is 2.22 bits per heavy atom. The molecule has 2 aliphatic rings. The molecule has 9 heteroatoms. The Morgan fingerprint density at radius 2 is 1.65 bits per heavy atom. The molecular weight excluding hydrogens is 474 g/mol.